The predicted octanol–water partition coefficient (Wildman–Crippen LogP) is 7.29. The number of carbonyl (C=O) groups is 1. The fourth-order valence-corrected chi connectivity index (χ4v) is 3.79. The molecule has 0 aliphatic carbocycles. The quantitative estimate of drug-likeness (QED) is 0.190. The second kappa shape index (κ2) is 14.8. The van der Waals surface area contributed by atoms with Crippen molar-refractivity contribution in [3.63, 3.8) is 0 Å². The molecule has 0 fully saturated rings. The van der Waals surface area contributed by atoms with Gasteiger partial charge in [0.05, 0.1) is 0 Å². The predicted molar refractivity (Wildman–Crippen MR) is 104 cm³/mol. The molecule has 0 atom stereocenters. The second-order valence-electron chi connectivity index (χ2n) is 6.43. The lowest BCUT2D eigenvalue weighted by Crippen LogP contribution is -1.85. The van der Waals surface area contributed by atoms with Crippen LogP contribution in [-0.2, 0) is 0 Å². The van der Waals surface area contributed by atoms with E-state index in [2.05, 4.69) is 13.0 Å². The molecule has 0 amide bonds. The molecule has 1 aromatic carbocycles. The molecule has 0 aliphatic rings. The summed E-state index contributed by atoms with van der Waals surface area (Å²) in [7, 11) is 0. The molecule has 130 valence electrons. The van der Waals surface area contributed by atoms with Crippen molar-refractivity contribution in [2.75, 3.05) is 5.75 Å². The van der Waals surface area contributed by atoms with E-state index in [9.17, 15) is 4.79 Å². The lowest BCUT2D eigenvalue weighted by atomic mass is 10.1. The first kappa shape index (κ1) is 20.3. The molecule has 0 N–H and O–H groups in total. The van der Waals surface area contributed by atoms with Gasteiger partial charge in [-0.1, -0.05) is 89.7 Å². The van der Waals surface area contributed by atoms with Gasteiger partial charge in [0, 0.05) is 10.5 Å². The van der Waals surface area contributed by atoms with Crippen molar-refractivity contribution >= 4 is 18.0 Å². The number of hydrogen-bond donors (Lipinski definition) is 0. The summed E-state index contributed by atoms with van der Waals surface area (Å²) in [4.78, 5) is 12.0. The van der Waals surface area contributed by atoms with Gasteiger partial charge in [0.15, 0.2) is 0 Å². The van der Waals surface area contributed by atoms with Gasteiger partial charge in [-0.3, -0.25) is 4.79 Å². The zero-order valence-corrected chi connectivity index (χ0v) is 15.7. The Bertz CT molecular complexity index is 403. The number of hydrogen-bond acceptors (Lipinski definition) is 2. The first-order chi connectivity index (χ1) is 11.4. The van der Waals surface area contributed by atoms with E-state index >= 15 is 0 Å². The molecule has 2 heteroatoms. The summed E-state index contributed by atoms with van der Waals surface area (Å²) >= 11 is 1.87. The van der Waals surface area contributed by atoms with Crippen LogP contribution in [0.25, 0.3) is 0 Å². The van der Waals surface area contributed by atoms with Crippen LogP contribution < -0.4 is 0 Å². The van der Waals surface area contributed by atoms with Crippen molar-refractivity contribution in [3.8, 4) is 0 Å². The molecule has 0 unspecified atom stereocenters. The van der Waals surface area contributed by atoms with Crippen LogP contribution in [0.3, 0.4) is 0 Å². The molecule has 0 bridgehead atoms. The van der Waals surface area contributed by atoms with Crippen molar-refractivity contribution in [1.82, 2.24) is 0 Å². The van der Waals surface area contributed by atoms with E-state index < -0.39 is 0 Å². The average molecular weight is 335 g/mol. The number of unbranched alkanes of at least 4 members (excludes halogenated alkanes) is 11. The number of thioether (sulfide) groups is 1. The Kier molecular flexibility index (Phi) is 13.1. The molecule has 1 nitrogen and oxygen atoms in total. The summed E-state index contributed by atoms with van der Waals surface area (Å²) in [6.45, 7) is 2.28. The molecule has 0 saturated heterocycles. The van der Waals surface area contributed by atoms with Crippen LogP contribution in [-0.4, -0.2) is 12.0 Å². The van der Waals surface area contributed by atoms with E-state index in [1.54, 1.807) is 0 Å². The molecule has 1 rings (SSSR count). The largest absolute Gasteiger partial charge is 0.298 e. The Balaban J connectivity index is 1.85. The highest BCUT2D eigenvalue weighted by atomic mass is 32.2. The Morgan fingerprint density at radius 1 is 0.826 bits per heavy atom. The molecule has 0 aromatic heterocycles. The third-order valence-electron chi connectivity index (χ3n) is 4.26. The van der Waals surface area contributed by atoms with Gasteiger partial charge >= 0.3 is 0 Å². The number of rotatable bonds is 15. The monoisotopic (exact) mass is 334 g/mol. The maximum atomic E-state index is 10.7. The third-order valence-corrected chi connectivity index (χ3v) is 5.34. The second-order valence-corrected chi connectivity index (χ2v) is 7.60. The summed E-state index contributed by atoms with van der Waals surface area (Å²) in [6, 6.07) is 7.91. The van der Waals surface area contributed by atoms with E-state index in [4.69, 9.17) is 0 Å². The highest BCUT2D eigenvalue weighted by Crippen LogP contribution is 2.21. The van der Waals surface area contributed by atoms with E-state index in [-0.39, 0.29) is 0 Å². The van der Waals surface area contributed by atoms with Crippen LogP contribution in [0.5, 0.6) is 0 Å². The Labute approximate surface area is 147 Å². The maximum absolute atomic E-state index is 10.7. The highest BCUT2D eigenvalue weighted by molar-refractivity contribution is 7.99. The molecule has 0 heterocycles. The van der Waals surface area contributed by atoms with Crippen LogP contribution in [0, 0.1) is 0 Å². The lowest BCUT2D eigenvalue weighted by molar-refractivity contribution is 0.112. The number of carbonyl (C=O) groups excluding carboxylic acids is 1. The summed E-state index contributed by atoms with van der Waals surface area (Å²) in [5.74, 6) is 1.17. The molecule has 0 saturated carbocycles. The Morgan fingerprint density at radius 2 is 1.39 bits per heavy atom. The fourth-order valence-electron chi connectivity index (χ4n) is 2.81. The van der Waals surface area contributed by atoms with E-state index in [0.717, 1.165) is 11.8 Å². The van der Waals surface area contributed by atoms with Gasteiger partial charge in [0.1, 0.15) is 6.29 Å². The Morgan fingerprint density at radius 3 is 1.96 bits per heavy atom. The van der Waals surface area contributed by atoms with Crippen molar-refractivity contribution in [3.05, 3.63) is 29.8 Å². The number of benzene rings is 1. The highest BCUT2D eigenvalue weighted by Gasteiger charge is 1.97. The van der Waals surface area contributed by atoms with Gasteiger partial charge in [-0.15, -0.1) is 11.8 Å². The van der Waals surface area contributed by atoms with Crippen LogP contribution in [0.4, 0.5) is 0 Å². The molecular formula is C21H34OS. The van der Waals surface area contributed by atoms with E-state index in [1.807, 2.05) is 30.0 Å². The summed E-state index contributed by atoms with van der Waals surface area (Å²) in [5, 5.41) is 0. The third kappa shape index (κ3) is 11.4. The zero-order chi connectivity index (χ0) is 16.6. The molecule has 0 aliphatic heterocycles. The lowest BCUT2D eigenvalue weighted by Gasteiger charge is -2.04. The topological polar surface area (TPSA) is 17.1 Å². The molecule has 1 aromatic rings. The van der Waals surface area contributed by atoms with Crippen molar-refractivity contribution in [2.45, 2.75) is 88.9 Å². The SMILES string of the molecule is CCCCCCCCCCCCCCSc1cccc(C=O)c1. The van der Waals surface area contributed by atoms with Gasteiger partial charge in [-0.2, -0.15) is 0 Å². The fraction of sp³-hybridized carbons (Fsp3) is 0.667. The van der Waals surface area contributed by atoms with Crippen molar-refractivity contribution in [1.29, 1.82) is 0 Å². The van der Waals surface area contributed by atoms with Gasteiger partial charge in [0.2, 0.25) is 0 Å². The molecular weight excluding hydrogens is 300 g/mol. The minimum atomic E-state index is 0.782. The van der Waals surface area contributed by atoms with Crippen LogP contribution >= 0.6 is 11.8 Å². The maximum Gasteiger partial charge on any atom is 0.150 e. The summed E-state index contributed by atoms with van der Waals surface area (Å²) in [6.07, 6.45) is 17.7. The smallest absolute Gasteiger partial charge is 0.150 e. The normalized spacial score (nSPS) is 10.8. The standard InChI is InChI=1S/C21H34OS/c1-2-3-4-5-6-7-8-9-10-11-12-13-17-23-21-16-14-15-20(18-21)19-22/h14-16,18-19H,2-13,17H2,1H3. The first-order valence-corrected chi connectivity index (χ1v) is 10.5. The molecule has 23 heavy (non-hydrogen) atoms. The Hall–Kier alpha value is -0.760. The van der Waals surface area contributed by atoms with Gasteiger partial charge < -0.3 is 0 Å². The van der Waals surface area contributed by atoms with Gasteiger partial charge in [-0.05, 0) is 24.3 Å². The van der Waals surface area contributed by atoms with E-state index in [0.29, 0.717) is 0 Å². The van der Waals surface area contributed by atoms with Gasteiger partial charge in [-0.25, -0.2) is 0 Å². The van der Waals surface area contributed by atoms with Crippen molar-refractivity contribution in [2.24, 2.45) is 0 Å². The molecule has 0 radical (unpaired) electrons. The first-order valence-electron chi connectivity index (χ1n) is 9.55. The average Bonchev–Trinajstić information content (AvgIpc) is 2.59. The van der Waals surface area contributed by atoms with E-state index in [1.165, 1.54) is 87.7 Å². The van der Waals surface area contributed by atoms with Crippen LogP contribution in [0.15, 0.2) is 29.2 Å². The number of aldehydes is 1. The molecule has 0 spiro atoms. The summed E-state index contributed by atoms with van der Waals surface area (Å²) in [5.41, 5.74) is 0.782. The van der Waals surface area contributed by atoms with Crippen molar-refractivity contribution < 1.29 is 4.79 Å². The minimum Gasteiger partial charge on any atom is -0.298 e. The minimum absolute atomic E-state index is 0.782. The zero-order valence-electron chi connectivity index (χ0n) is 14.9. The van der Waals surface area contributed by atoms with Crippen LogP contribution in [0.1, 0.15) is 94.3 Å². The van der Waals surface area contributed by atoms with Crippen LogP contribution in [0.2, 0.25) is 0 Å². The summed E-state index contributed by atoms with van der Waals surface area (Å²) < 4.78 is 0. The van der Waals surface area contributed by atoms with Gasteiger partial charge in [0.25, 0.3) is 0 Å².